The van der Waals surface area contributed by atoms with Gasteiger partial charge in [0.15, 0.2) is 0 Å². The van der Waals surface area contributed by atoms with E-state index < -0.39 is 0 Å². The molecule has 0 saturated heterocycles. The molecule has 0 bridgehead atoms. The second-order valence-electron chi connectivity index (χ2n) is 4.38. The van der Waals surface area contributed by atoms with Crippen LogP contribution in [0.15, 0.2) is 0 Å². The summed E-state index contributed by atoms with van der Waals surface area (Å²) in [4.78, 5) is 0. The lowest BCUT2D eigenvalue weighted by molar-refractivity contribution is 0.398. The molecule has 0 spiro atoms. The van der Waals surface area contributed by atoms with Crippen LogP contribution >= 0.6 is 0 Å². The molecule has 1 nitrogen and oxygen atoms in total. The molecule has 0 rings (SSSR count). The van der Waals surface area contributed by atoms with E-state index in [1.54, 1.807) is 0 Å². The molecule has 0 aliphatic rings. The third-order valence-corrected chi connectivity index (χ3v) is 2.68. The van der Waals surface area contributed by atoms with Crippen molar-refractivity contribution < 1.29 is 0 Å². The molecule has 80 valence electrons. The summed E-state index contributed by atoms with van der Waals surface area (Å²) >= 11 is 0. The Hall–Kier alpha value is -0.0400. The highest BCUT2D eigenvalue weighted by Crippen LogP contribution is 2.15. The Labute approximate surface area is 84.3 Å². The fraction of sp³-hybridized carbons (Fsp3) is 1.00. The van der Waals surface area contributed by atoms with Gasteiger partial charge in [0.25, 0.3) is 0 Å². The molecule has 0 heterocycles. The number of rotatable bonds is 8. The van der Waals surface area contributed by atoms with Gasteiger partial charge in [0, 0.05) is 0 Å². The van der Waals surface area contributed by atoms with Crippen molar-refractivity contribution in [3.63, 3.8) is 0 Å². The van der Waals surface area contributed by atoms with Crippen molar-refractivity contribution in [3.8, 4) is 0 Å². The topological polar surface area (TPSA) is 12.0 Å². The number of nitrogens with one attached hydrogen (secondary N) is 1. The van der Waals surface area contributed by atoms with Crippen LogP contribution in [0.2, 0.25) is 0 Å². The first-order valence-electron chi connectivity index (χ1n) is 5.91. The van der Waals surface area contributed by atoms with Crippen molar-refractivity contribution in [2.45, 2.75) is 53.4 Å². The molecule has 0 amide bonds. The summed E-state index contributed by atoms with van der Waals surface area (Å²) in [5.41, 5.74) is 0. The van der Waals surface area contributed by atoms with Crippen LogP contribution < -0.4 is 5.32 Å². The van der Waals surface area contributed by atoms with Crippen LogP contribution in [0.5, 0.6) is 0 Å². The zero-order chi connectivity index (χ0) is 10.1. The van der Waals surface area contributed by atoms with E-state index in [0.29, 0.717) is 0 Å². The fourth-order valence-electron chi connectivity index (χ4n) is 1.70. The lowest BCUT2D eigenvalue weighted by Crippen LogP contribution is -2.20. The summed E-state index contributed by atoms with van der Waals surface area (Å²) in [7, 11) is 0. The van der Waals surface area contributed by atoms with Crippen molar-refractivity contribution in [1.82, 2.24) is 5.32 Å². The highest BCUT2D eigenvalue weighted by atomic mass is 14.8. The van der Waals surface area contributed by atoms with Crippen molar-refractivity contribution in [1.29, 1.82) is 0 Å². The lowest BCUT2D eigenvalue weighted by atomic mass is 9.95. The van der Waals surface area contributed by atoms with E-state index in [1.807, 2.05) is 0 Å². The monoisotopic (exact) mass is 185 g/mol. The minimum Gasteiger partial charge on any atom is -0.317 e. The van der Waals surface area contributed by atoms with Gasteiger partial charge >= 0.3 is 0 Å². The molecule has 0 unspecified atom stereocenters. The maximum absolute atomic E-state index is 3.40. The first kappa shape index (κ1) is 13.0. The molecule has 0 aromatic carbocycles. The van der Waals surface area contributed by atoms with Crippen molar-refractivity contribution in [2.75, 3.05) is 13.1 Å². The predicted octanol–water partition coefficient (Wildman–Crippen LogP) is 3.45. The molecule has 13 heavy (non-hydrogen) atoms. The average molecular weight is 185 g/mol. The standard InChI is InChI=1S/C12H27N/c1-5-7-11(3)8-9-12(4)10-13-6-2/h11-13H,5-10H2,1-4H3/t11-,12-/m0/s1. The third kappa shape index (κ3) is 8.29. The van der Waals surface area contributed by atoms with E-state index in [4.69, 9.17) is 0 Å². The van der Waals surface area contributed by atoms with Crippen LogP contribution in [0.1, 0.15) is 53.4 Å². The van der Waals surface area contributed by atoms with Crippen molar-refractivity contribution >= 4 is 0 Å². The highest BCUT2D eigenvalue weighted by molar-refractivity contribution is 4.59. The number of hydrogen-bond donors (Lipinski definition) is 1. The maximum atomic E-state index is 3.40. The summed E-state index contributed by atoms with van der Waals surface area (Å²) in [6, 6.07) is 0. The van der Waals surface area contributed by atoms with Gasteiger partial charge < -0.3 is 5.32 Å². The summed E-state index contributed by atoms with van der Waals surface area (Å²) < 4.78 is 0. The molecule has 0 fully saturated rings. The van der Waals surface area contributed by atoms with Gasteiger partial charge in [-0.3, -0.25) is 0 Å². The maximum Gasteiger partial charge on any atom is -0.00233 e. The van der Waals surface area contributed by atoms with E-state index >= 15 is 0 Å². The normalized spacial score (nSPS) is 15.7. The van der Waals surface area contributed by atoms with Gasteiger partial charge in [-0.25, -0.2) is 0 Å². The Morgan fingerprint density at radius 2 is 1.54 bits per heavy atom. The van der Waals surface area contributed by atoms with Crippen molar-refractivity contribution in [2.24, 2.45) is 11.8 Å². The highest BCUT2D eigenvalue weighted by Gasteiger charge is 2.05. The van der Waals surface area contributed by atoms with Gasteiger partial charge in [-0.1, -0.05) is 47.0 Å². The molecule has 0 aromatic rings. The van der Waals surface area contributed by atoms with E-state index in [2.05, 4.69) is 33.0 Å². The van der Waals surface area contributed by atoms with Crippen molar-refractivity contribution in [3.05, 3.63) is 0 Å². The third-order valence-electron chi connectivity index (χ3n) is 2.68. The molecule has 0 aromatic heterocycles. The second-order valence-corrected chi connectivity index (χ2v) is 4.38. The van der Waals surface area contributed by atoms with Gasteiger partial charge in [-0.15, -0.1) is 0 Å². The SMILES string of the molecule is CCC[C@H](C)CC[C@H](C)CNCC. The Balaban J connectivity index is 3.29. The Morgan fingerprint density at radius 1 is 0.923 bits per heavy atom. The zero-order valence-electron chi connectivity index (χ0n) is 9.90. The molecular formula is C12H27N. The molecular weight excluding hydrogens is 158 g/mol. The Bertz CT molecular complexity index is 101. The first-order chi connectivity index (χ1) is 6.20. The zero-order valence-corrected chi connectivity index (χ0v) is 9.90. The van der Waals surface area contributed by atoms with Crippen LogP contribution in [-0.4, -0.2) is 13.1 Å². The minimum atomic E-state index is 0.847. The Kier molecular flexibility index (Phi) is 8.53. The first-order valence-corrected chi connectivity index (χ1v) is 5.91. The van der Waals surface area contributed by atoms with Gasteiger partial charge in [0.1, 0.15) is 0 Å². The largest absolute Gasteiger partial charge is 0.317 e. The molecule has 0 saturated carbocycles. The van der Waals surface area contributed by atoms with Gasteiger partial charge in [0.2, 0.25) is 0 Å². The summed E-state index contributed by atoms with van der Waals surface area (Å²) in [5, 5.41) is 3.40. The van der Waals surface area contributed by atoms with Crippen LogP contribution in [0.25, 0.3) is 0 Å². The fourth-order valence-corrected chi connectivity index (χ4v) is 1.70. The Morgan fingerprint density at radius 3 is 2.08 bits per heavy atom. The van der Waals surface area contributed by atoms with E-state index in [1.165, 1.54) is 32.2 Å². The summed E-state index contributed by atoms with van der Waals surface area (Å²) in [6.45, 7) is 11.5. The molecule has 1 N–H and O–H groups in total. The van der Waals surface area contributed by atoms with Crippen LogP contribution in [0.4, 0.5) is 0 Å². The lowest BCUT2D eigenvalue weighted by Gasteiger charge is -2.15. The molecule has 0 radical (unpaired) electrons. The molecule has 2 atom stereocenters. The van der Waals surface area contributed by atoms with Crippen LogP contribution in [-0.2, 0) is 0 Å². The summed E-state index contributed by atoms with van der Waals surface area (Å²) in [5.74, 6) is 1.77. The quantitative estimate of drug-likeness (QED) is 0.611. The molecule has 1 heteroatoms. The van der Waals surface area contributed by atoms with Crippen LogP contribution in [0.3, 0.4) is 0 Å². The average Bonchev–Trinajstić information content (AvgIpc) is 2.12. The van der Waals surface area contributed by atoms with E-state index in [0.717, 1.165) is 18.4 Å². The predicted molar refractivity (Wildman–Crippen MR) is 61.0 cm³/mol. The minimum absolute atomic E-state index is 0.847. The van der Waals surface area contributed by atoms with Gasteiger partial charge in [0.05, 0.1) is 0 Å². The summed E-state index contributed by atoms with van der Waals surface area (Å²) in [6.07, 6.45) is 5.52. The van der Waals surface area contributed by atoms with E-state index in [-0.39, 0.29) is 0 Å². The molecule has 0 aliphatic carbocycles. The molecule has 0 aliphatic heterocycles. The van der Waals surface area contributed by atoms with Gasteiger partial charge in [-0.05, 0) is 31.3 Å². The second kappa shape index (κ2) is 8.55. The van der Waals surface area contributed by atoms with Crippen LogP contribution in [0, 0.1) is 11.8 Å². The number of hydrogen-bond acceptors (Lipinski definition) is 1. The van der Waals surface area contributed by atoms with E-state index in [9.17, 15) is 0 Å². The van der Waals surface area contributed by atoms with Gasteiger partial charge in [-0.2, -0.15) is 0 Å². The smallest absolute Gasteiger partial charge is 0.00233 e.